The van der Waals surface area contributed by atoms with Crippen molar-refractivity contribution in [2.24, 2.45) is 0 Å². The Morgan fingerprint density at radius 1 is 1.09 bits per heavy atom. The minimum atomic E-state index is -0.298. The van der Waals surface area contributed by atoms with E-state index in [0.29, 0.717) is 5.75 Å². The van der Waals surface area contributed by atoms with Crippen molar-refractivity contribution in [1.82, 2.24) is 5.32 Å². The number of thiocarbonyl (C=S) groups is 1. The summed E-state index contributed by atoms with van der Waals surface area (Å²) >= 11 is 5.10. The van der Waals surface area contributed by atoms with Gasteiger partial charge >= 0.3 is 0 Å². The Labute approximate surface area is 135 Å². The maximum atomic E-state index is 11.8. The summed E-state index contributed by atoms with van der Waals surface area (Å²) in [6, 6.07) is 15.3. The van der Waals surface area contributed by atoms with Gasteiger partial charge in [-0.15, -0.1) is 0 Å². The van der Waals surface area contributed by atoms with Gasteiger partial charge in [-0.3, -0.25) is 10.1 Å². The number of benzene rings is 2. The van der Waals surface area contributed by atoms with E-state index in [0.717, 1.165) is 16.8 Å². The van der Waals surface area contributed by atoms with Crippen molar-refractivity contribution in [1.29, 1.82) is 0 Å². The highest BCUT2D eigenvalue weighted by molar-refractivity contribution is 7.80. The Bertz CT molecular complexity index is 669. The van der Waals surface area contributed by atoms with Crippen LogP contribution in [0.5, 0.6) is 5.75 Å². The van der Waals surface area contributed by atoms with Gasteiger partial charge in [0.05, 0.1) is 0 Å². The second-order valence-electron chi connectivity index (χ2n) is 4.92. The van der Waals surface area contributed by atoms with E-state index >= 15 is 0 Å². The van der Waals surface area contributed by atoms with Crippen molar-refractivity contribution < 1.29 is 9.53 Å². The molecule has 0 fully saturated rings. The van der Waals surface area contributed by atoms with E-state index in [1.807, 2.05) is 62.4 Å². The van der Waals surface area contributed by atoms with Crippen LogP contribution in [0.3, 0.4) is 0 Å². The standard InChI is InChI=1S/C17H18N2O2S/c1-12-7-9-14(10-8-12)18-17(22)19-16(20)11-21-15-6-4-3-5-13(15)2/h3-10H,11H2,1-2H3,(H2,18,19,20,22). The predicted octanol–water partition coefficient (Wildman–Crippen LogP) is 3.20. The summed E-state index contributed by atoms with van der Waals surface area (Å²) < 4.78 is 5.47. The summed E-state index contributed by atoms with van der Waals surface area (Å²) in [4.78, 5) is 11.8. The number of aryl methyl sites for hydroxylation is 2. The number of hydrogen-bond donors (Lipinski definition) is 2. The van der Waals surface area contributed by atoms with Crippen LogP contribution in [-0.4, -0.2) is 17.6 Å². The van der Waals surface area contributed by atoms with Crippen molar-refractivity contribution in [3.63, 3.8) is 0 Å². The molecule has 2 N–H and O–H groups in total. The highest BCUT2D eigenvalue weighted by Crippen LogP contribution is 2.15. The molecule has 4 nitrogen and oxygen atoms in total. The fourth-order valence-corrected chi connectivity index (χ4v) is 2.06. The van der Waals surface area contributed by atoms with Crippen LogP contribution in [0.2, 0.25) is 0 Å². The fourth-order valence-electron chi connectivity index (χ4n) is 1.82. The van der Waals surface area contributed by atoms with E-state index in [4.69, 9.17) is 17.0 Å². The Kier molecular flexibility index (Phi) is 5.49. The maximum Gasteiger partial charge on any atom is 0.264 e. The summed E-state index contributed by atoms with van der Waals surface area (Å²) in [6.45, 7) is 3.85. The molecule has 1 amide bonds. The molecule has 5 heteroatoms. The van der Waals surface area contributed by atoms with Gasteiger partial charge in [-0.1, -0.05) is 35.9 Å². The lowest BCUT2D eigenvalue weighted by Gasteiger charge is -2.11. The lowest BCUT2D eigenvalue weighted by Crippen LogP contribution is -2.37. The van der Waals surface area contributed by atoms with Gasteiger partial charge in [0.1, 0.15) is 5.75 Å². The zero-order valence-electron chi connectivity index (χ0n) is 12.6. The number of anilines is 1. The van der Waals surface area contributed by atoms with Gasteiger partial charge in [0.25, 0.3) is 5.91 Å². The van der Waals surface area contributed by atoms with Gasteiger partial charge in [0.15, 0.2) is 11.7 Å². The first-order valence-corrected chi connectivity index (χ1v) is 7.31. The van der Waals surface area contributed by atoms with Gasteiger partial charge in [0.2, 0.25) is 0 Å². The van der Waals surface area contributed by atoms with Crippen LogP contribution in [0.1, 0.15) is 11.1 Å². The highest BCUT2D eigenvalue weighted by Gasteiger charge is 2.07. The van der Waals surface area contributed by atoms with Crippen molar-refractivity contribution in [3.8, 4) is 5.75 Å². The zero-order chi connectivity index (χ0) is 15.9. The van der Waals surface area contributed by atoms with Crippen LogP contribution in [0, 0.1) is 13.8 Å². The third kappa shape index (κ3) is 4.86. The van der Waals surface area contributed by atoms with Crippen LogP contribution < -0.4 is 15.4 Å². The molecule has 0 saturated carbocycles. The molecule has 0 radical (unpaired) electrons. The van der Waals surface area contributed by atoms with E-state index in [9.17, 15) is 4.79 Å². The number of carbonyl (C=O) groups is 1. The molecule has 22 heavy (non-hydrogen) atoms. The number of para-hydroxylation sites is 1. The van der Waals surface area contributed by atoms with Crippen LogP contribution in [-0.2, 0) is 4.79 Å². The average Bonchev–Trinajstić information content (AvgIpc) is 2.49. The molecular formula is C17H18N2O2S. The second-order valence-corrected chi connectivity index (χ2v) is 5.33. The molecule has 2 aromatic rings. The first-order chi connectivity index (χ1) is 10.5. The molecule has 0 heterocycles. The molecule has 0 aromatic heterocycles. The smallest absolute Gasteiger partial charge is 0.264 e. The minimum Gasteiger partial charge on any atom is -0.483 e. The topological polar surface area (TPSA) is 50.4 Å². The van der Waals surface area contributed by atoms with Crippen LogP contribution in [0.4, 0.5) is 5.69 Å². The van der Waals surface area contributed by atoms with Gasteiger partial charge in [-0.05, 0) is 49.8 Å². The van der Waals surface area contributed by atoms with Gasteiger partial charge < -0.3 is 10.1 Å². The molecule has 2 aromatic carbocycles. The highest BCUT2D eigenvalue weighted by atomic mass is 32.1. The molecule has 0 aliphatic carbocycles. The quantitative estimate of drug-likeness (QED) is 0.851. The van der Waals surface area contributed by atoms with E-state index in [-0.39, 0.29) is 17.6 Å². The second kappa shape index (κ2) is 7.56. The number of nitrogens with one attached hydrogen (secondary N) is 2. The SMILES string of the molecule is Cc1ccc(NC(=S)NC(=O)COc2ccccc2C)cc1. The molecule has 2 rings (SSSR count). The summed E-state index contributed by atoms with van der Waals surface area (Å²) in [5.74, 6) is 0.392. The third-order valence-corrected chi connectivity index (χ3v) is 3.22. The lowest BCUT2D eigenvalue weighted by molar-refractivity contribution is -0.121. The largest absolute Gasteiger partial charge is 0.483 e. The minimum absolute atomic E-state index is 0.0828. The predicted molar refractivity (Wildman–Crippen MR) is 92.2 cm³/mol. The number of amides is 1. The van der Waals surface area contributed by atoms with Crippen LogP contribution >= 0.6 is 12.2 Å². The molecule has 114 valence electrons. The van der Waals surface area contributed by atoms with Crippen molar-refractivity contribution >= 4 is 28.9 Å². The summed E-state index contributed by atoms with van der Waals surface area (Å²) in [5.41, 5.74) is 2.97. The number of carbonyl (C=O) groups excluding carboxylic acids is 1. The van der Waals surface area contributed by atoms with E-state index < -0.39 is 0 Å². The van der Waals surface area contributed by atoms with Gasteiger partial charge in [-0.25, -0.2) is 0 Å². The Hall–Kier alpha value is -2.40. The lowest BCUT2D eigenvalue weighted by atomic mass is 10.2. The normalized spacial score (nSPS) is 9.91. The average molecular weight is 314 g/mol. The van der Waals surface area contributed by atoms with Crippen LogP contribution in [0.25, 0.3) is 0 Å². The van der Waals surface area contributed by atoms with Gasteiger partial charge in [0, 0.05) is 5.69 Å². The third-order valence-electron chi connectivity index (χ3n) is 3.01. The van der Waals surface area contributed by atoms with Crippen molar-refractivity contribution in [2.75, 3.05) is 11.9 Å². The van der Waals surface area contributed by atoms with E-state index in [1.165, 1.54) is 0 Å². The Balaban J connectivity index is 1.80. The number of rotatable bonds is 4. The summed E-state index contributed by atoms with van der Waals surface area (Å²) in [6.07, 6.45) is 0. The molecular weight excluding hydrogens is 296 g/mol. The molecule has 0 spiro atoms. The molecule has 0 atom stereocenters. The monoisotopic (exact) mass is 314 g/mol. The van der Waals surface area contributed by atoms with Crippen LogP contribution in [0.15, 0.2) is 48.5 Å². The molecule has 0 aliphatic rings. The number of hydrogen-bond acceptors (Lipinski definition) is 3. The van der Waals surface area contributed by atoms with Crippen molar-refractivity contribution in [2.45, 2.75) is 13.8 Å². The first kappa shape index (κ1) is 16.0. The summed E-state index contributed by atoms with van der Waals surface area (Å²) in [5, 5.41) is 5.79. The maximum absolute atomic E-state index is 11.8. The molecule has 0 bridgehead atoms. The van der Waals surface area contributed by atoms with Crippen molar-refractivity contribution in [3.05, 3.63) is 59.7 Å². The molecule has 0 saturated heterocycles. The Morgan fingerprint density at radius 3 is 2.45 bits per heavy atom. The molecule has 0 unspecified atom stereocenters. The first-order valence-electron chi connectivity index (χ1n) is 6.90. The number of ether oxygens (including phenoxy) is 1. The van der Waals surface area contributed by atoms with Gasteiger partial charge in [-0.2, -0.15) is 0 Å². The Morgan fingerprint density at radius 2 is 1.77 bits per heavy atom. The summed E-state index contributed by atoms with van der Waals surface area (Å²) in [7, 11) is 0. The molecule has 0 aliphatic heterocycles. The van der Waals surface area contributed by atoms with E-state index in [1.54, 1.807) is 0 Å². The fraction of sp³-hybridized carbons (Fsp3) is 0.176. The van der Waals surface area contributed by atoms with E-state index in [2.05, 4.69) is 10.6 Å². The zero-order valence-corrected chi connectivity index (χ0v) is 13.4.